The molecule has 82 valence electrons. The second-order valence-electron chi connectivity index (χ2n) is 2.58. The summed E-state index contributed by atoms with van der Waals surface area (Å²) in [5, 5.41) is 9.50. The van der Waals surface area contributed by atoms with Gasteiger partial charge in [-0.3, -0.25) is 4.79 Å². The second kappa shape index (κ2) is 5.04. The lowest BCUT2D eigenvalue weighted by molar-refractivity contribution is -0.142. The number of hydrogen-bond acceptors (Lipinski definition) is 6. The highest BCUT2D eigenvalue weighted by Gasteiger charge is 2.19. The van der Waals surface area contributed by atoms with Gasteiger partial charge in [-0.2, -0.15) is 0 Å². The zero-order chi connectivity index (χ0) is 11.4. The number of nitrogens with zero attached hydrogens (tertiary/aromatic N) is 2. The van der Waals surface area contributed by atoms with Crippen molar-refractivity contribution in [3.63, 3.8) is 0 Å². The molecule has 1 aromatic heterocycles. The molecule has 1 N–H and O–H groups in total. The molecule has 1 amide bonds. The van der Waals surface area contributed by atoms with Crippen molar-refractivity contribution < 1.29 is 14.3 Å². The minimum atomic E-state index is -0.731. The molecule has 15 heavy (non-hydrogen) atoms. The molecule has 1 atom stereocenters. The summed E-state index contributed by atoms with van der Waals surface area (Å²) in [6.45, 7) is 1.51. The van der Waals surface area contributed by atoms with Gasteiger partial charge in [0.25, 0.3) is 5.91 Å². The summed E-state index contributed by atoms with van der Waals surface area (Å²) in [7, 11) is 1.24. The SMILES string of the molecule is COC(=O)C(C)NC(=O)c1nnc(Cl)s1. The Morgan fingerprint density at radius 2 is 2.20 bits per heavy atom. The van der Waals surface area contributed by atoms with Crippen LogP contribution in [-0.2, 0) is 9.53 Å². The molecule has 0 fully saturated rings. The highest BCUT2D eigenvalue weighted by molar-refractivity contribution is 7.17. The largest absolute Gasteiger partial charge is 0.467 e. The van der Waals surface area contributed by atoms with E-state index in [2.05, 4.69) is 20.3 Å². The molecule has 1 rings (SSSR count). The lowest BCUT2D eigenvalue weighted by Crippen LogP contribution is -2.39. The quantitative estimate of drug-likeness (QED) is 0.788. The van der Waals surface area contributed by atoms with Crippen molar-refractivity contribution in [3.05, 3.63) is 9.47 Å². The molecule has 0 aromatic carbocycles. The molecule has 0 aliphatic rings. The normalized spacial score (nSPS) is 11.9. The topological polar surface area (TPSA) is 81.2 Å². The van der Waals surface area contributed by atoms with Crippen LogP contribution in [-0.4, -0.2) is 35.2 Å². The maximum Gasteiger partial charge on any atom is 0.328 e. The number of nitrogens with one attached hydrogen (secondary N) is 1. The lowest BCUT2D eigenvalue weighted by atomic mass is 10.3. The van der Waals surface area contributed by atoms with Gasteiger partial charge in [0.2, 0.25) is 9.47 Å². The average molecular weight is 250 g/mol. The van der Waals surface area contributed by atoms with Crippen molar-refractivity contribution in [1.29, 1.82) is 0 Å². The summed E-state index contributed by atoms with van der Waals surface area (Å²) in [5.74, 6) is -1.03. The van der Waals surface area contributed by atoms with Gasteiger partial charge >= 0.3 is 5.97 Å². The molecule has 0 bridgehead atoms. The van der Waals surface area contributed by atoms with Gasteiger partial charge in [-0.05, 0) is 18.5 Å². The van der Waals surface area contributed by atoms with Crippen molar-refractivity contribution in [2.24, 2.45) is 0 Å². The number of aromatic nitrogens is 2. The predicted molar refractivity (Wildman–Crippen MR) is 53.9 cm³/mol. The number of methoxy groups -OCH3 is 1. The van der Waals surface area contributed by atoms with Gasteiger partial charge < -0.3 is 10.1 Å². The van der Waals surface area contributed by atoms with Gasteiger partial charge in [0.1, 0.15) is 6.04 Å². The standard InChI is InChI=1S/C7H8ClN3O3S/c1-3(6(13)14-2)9-4(12)5-10-11-7(8)15-5/h3H,1-2H3,(H,9,12). The van der Waals surface area contributed by atoms with Crippen LogP contribution in [0.2, 0.25) is 4.47 Å². The molecule has 8 heteroatoms. The highest BCUT2D eigenvalue weighted by atomic mass is 35.5. The van der Waals surface area contributed by atoms with E-state index in [0.29, 0.717) is 0 Å². The Morgan fingerprint density at radius 1 is 1.53 bits per heavy atom. The molecule has 6 nitrogen and oxygen atoms in total. The third-order valence-corrected chi connectivity index (χ3v) is 2.51. The van der Waals surface area contributed by atoms with Gasteiger partial charge in [0, 0.05) is 0 Å². The molecule has 0 saturated heterocycles. The van der Waals surface area contributed by atoms with Crippen LogP contribution in [0.3, 0.4) is 0 Å². The molecule has 0 radical (unpaired) electrons. The van der Waals surface area contributed by atoms with Crippen molar-refractivity contribution in [2.75, 3.05) is 7.11 Å². The first-order valence-corrected chi connectivity index (χ1v) is 5.11. The third-order valence-electron chi connectivity index (χ3n) is 1.50. The summed E-state index contributed by atoms with van der Waals surface area (Å²) in [6.07, 6.45) is 0. The van der Waals surface area contributed by atoms with E-state index in [4.69, 9.17) is 11.6 Å². The number of hydrogen-bond donors (Lipinski definition) is 1. The molecule has 0 aliphatic carbocycles. The Bertz CT molecular complexity index is 381. The van der Waals surface area contributed by atoms with Crippen LogP contribution in [0, 0.1) is 0 Å². The molecule has 1 heterocycles. The fourth-order valence-electron chi connectivity index (χ4n) is 0.791. The van der Waals surface area contributed by atoms with E-state index in [1.165, 1.54) is 14.0 Å². The summed E-state index contributed by atoms with van der Waals surface area (Å²) in [5.41, 5.74) is 0. The maximum atomic E-state index is 11.4. The van der Waals surface area contributed by atoms with Crippen molar-refractivity contribution >= 4 is 34.8 Å². The number of ether oxygens (including phenoxy) is 1. The second-order valence-corrected chi connectivity index (χ2v) is 4.14. The van der Waals surface area contributed by atoms with Crippen molar-refractivity contribution in [3.8, 4) is 0 Å². The van der Waals surface area contributed by atoms with E-state index >= 15 is 0 Å². The van der Waals surface area contributed by atoms with E-state index < -0.39 is 17.9 Å². The molecule has 0 saturated carbocycles. The molecular weight excluding hydrogens is 242 g/mol. The van der Waals surface area contributed by atoms with Gasteiger partial charge in [0.15, 0.2) is 0 Å². The number of halogens is 1. The first kappa shape index (κ1) is 11.9. The summed E-state index contributed by atoms with van der Waals surface area (Å²) in [4.78, 5) is 22.4. The Labute approximate surface area is 94.6 Å². The molecule has 0 spiro atoms. The summed E-state index contributed by atoms with van der Waals surface area (Å²) in [6, 6.07) is -0.731. The minimum absolute atomic E-state index is 0.107. The lowest BCUT2D eigenvalue weighted by Gasteiger charge is -2.09. The average Bonchev–Trinajstić information content (AvgIpc) is 2.63. The summed E-state index contributed by atoms with van der Waals surface area (Å²) < 4.78 is 4.61. The summed E-state index contributed by atoms with van der Waals surface area (Å²) >= 11 is 6.44. The van der Waals surface area contributed by atoms with Crippen LogP contribution in [0.4, 0.5) is 0 Å². The Kier molecular flexibility index (Phi) is 3.98. The predicted octanol–water partition coefficient (Wildman–Crippen LogP) is 0.483. The van der Waals surface area contributed by atoms with Crippen LogP contribution >= 0.6 is 22.9 Å². The molecule has 1 unspecified atom stereocenters. The highest BCUT2D eigenvalue weighted by Crippen LogP contribution is 2.14. The number of carbonyl (C=O) groups excluding carboxylic acids is 2. The van der Waals surface area contributed by atoms with Crippen LogP contribution in [0.1, 0.15) is 16.7 Å². The van der Waals surface area contributed by atoms with E-state index in [9.17, 15) is 9.59 Å². The number of rotatable bonds is 3. The van der Waals surface area contributed by atoms with Crippen molar-refractivity contribution in [2.45, 2.75) is 13.0 Å². The van der Waals surface area contributed by atoms with Crippen LogP contribution in [0.5, 0.6) is 0 Å². The Morgan fingerprint density at radius 3 is 2.67 bits per heavy atom. The van der Waals surface area contributed by atoms with E-state index in [-0.39, 0.29) is 9.47 Å². The number of carbonyl (C=O) groups is 2. The molecule has 0 aliphatic heterocycles. The van der Waals surface area contributed by atoms with Gasteiger partial charge in [-0.25, -0.2) is 4.79 Å². The van der Waals surface area contributed by atoms with E-state index in [0.717, 1.165) is 11.3 Å². The van der Waals surface area contributed by atoms with Crippen LogP contribution in [0.15, 0.2) is 0 Å². The molecule has 1 aromatic rings. The first-order chi connectivity index (χ1) is 7.04. The van der Waals surface area contributed by atoms with Crippen molar-refractivity contribution in [1.82, 2.24) is 15.5 Å². The zero-order valence-corrected chi connectivity index (χ0v) is 9.56. The van der Waals surface area contributed by atoms with Gasteiger partial charge in [0.05, 0.1) is 7.11 Å². The van der Waals surface area contributed by atoms with Crippen LogP contribution in [0.25, 0.3) is 0 Å². The van der Waals surface area contributed by atoms with E-state index in [1.807, 2.05) is 0 Å². The number of amides is 1. The fourth-order valence-corrected chi connectivity index (χ4v) is 1.52. The fraction of sp³-hybridized carbons (Fsp3) is 0.429. The van der Waals surface area contributed by atoms with E-state index in [1.54, 1.807) is 0 Å². The Balaban J connectivity index is 2.60. The van der Waals surface area contributed by atoms with Crippen LogP contribution < -0.4 is 5.32 Å². The Hall–Kier alpha value is -1.21. The molecular formula is C7H8ClN3O3S. The van der Waals surface area contributed by atoms with Gasteiger partial charge in [-0.15, -0.1) is 10.2 Å². The monoisotopic (exact) mass is 249 g/mol. The minimum Gasteiger partial charge on any atom is -0.467 e. The first-order valence-electron chi connectivity index (χ1n) is 3.92. The maximum absolute atomic E-state index is 11.4. The van der Waals surface area contributed by atoms with Gasteiger partial charge in [-0.1, -0.05) is 11.3 Å². The third kappa shape index (κ3) is 3.14. The smallest absolute Gasteiger partial charge is 0.328 e. The zero-order valence-electron chi connectivity index (χ0n) is 7.98. The number of esters is 1.